The Morgan fingerprint density at radius 1 is 1.06 bits per heavy atom. The van der Waals surface area contributed by atoms with E-state index in [0.29, 0.717) is 33.4 Å². The number of hydrogen-bond acceptors (Lipinski definition) is 6. The van der Waals surface area contributed by atoms with Gasteiger partial charge in [0.25, 0.3) is 0 Å². The normalized spacial score (nSPS) is 11.2. The van der Waals surface area contributed by atoms with Crippen LogP contribution in [0.4, 0.5) is 5.69 Å². The minimum absolute atomic E-state index is 0.0740. The zero-order valence-corrected chi connectivity index (χ0v) is 20.3. The highest BCUT2D eigenvalue weighted by Gasteiger charge is 2.20. The van der Waals surface area contributed by atoms with Gasteiger partial charge in [-0.1, -0.05) is 30.0 Å². The van der Waals surface area contributed by atoms with E-state index in [1.165, 1.54) is 16.3 Å². The van der Waals surface area contributed by atoms with Crippen LogP contribution in [-0.4, -0.2) is 28.3 Å². The summed E-state index contributed by atoms with van der Waals surface area (Å²) in [6.07, 6.45) is 0. The third-order valence-corrected chi connectivity index (χ3v) is 6.47. The van der Waals surface area contributed by atoms with Crippen LogP contribution in [0.2, 0.25) is 0 Å². The molecule has 0 spiro atoms. The van der Waals surface area contributed by atoms with E-state index >= 15 is 0 Å². The van der Waals surface area contributed by atoms with Gasteiger partial charge in [-0.25, -0.2) is 4.98 Å². The van der Waals surface area contributed by atoms with Gasteiger partial charge in [-0.2, -0.15) is 0 Å². The summed E-state index contributed by atoms with van der Waals surface area (Å²) in [6.45, 7) is 3.95. The lowest BCUT2D eigenvalue weighted by Gasteiger charge is -2.13. The molecule has 0 atom stereocenters. The van der Waals surface area contributed by atoms with Gasteiger partial charge in [-0.05, 0) is 73.5 Å². The molecule has 0 aliphatic rings. The molecule has 2 aromatic heterocycles. The average Bonchev–Trinajstić information content (AvgIpc) is 3.22. The summed E-state index contributed by atoms with van der Waals surface area (Å²) in [5, 5.41) is 4.05. The lowest BCUT2D eigenvalue weighted by molar-refractivity contribution is -0.113. The Bertz CT molecular complexity index is 1600. The number of hydrogen-bond donors (Lipinski definition) is 1. The molecule has 1 N–H and O–H groups in total. The third-order valence-electron chi connectivity index (χ3n) is 5.54. The topological polar surface area (TPSA) is 86.4 Å². The number of thioether (sulfide) groups is 1. The molecule has 0 aliphatic heterocycles. The van der Waals surface area contributed by atoms with E-state index in [1.807, 2.05) is 56.3 Å². The molecule has 5 aromatic rings. The van der Waals surface area contributed by atoms with Crippen LogP contribution >= 0.6 is 11.8 Å². The molecule has 35 heavy (non-hydrogen) atoms. The van der Waals surface area contributed by atoms with E-state index in [1.54, 1.807) is 31.4 Å². The molecular weight excluding hydrogens is 462 g/mol. The van der Waals surface area contributed by atoms with Crippen LogP contribution in [0.3, 0.4) is 0 Å². The van der Waals surface area contributed by atoms with E-state index in [0.717, 1.165) is 16.5 Å². The average molecular weight is 486 g/mol. The lowest BCUT2D eigenvalue weighted by Crippen LogP contribution is -2.22. The number of para-hydroxylation sites is 1. The molecule has 0 saturated heterocycles. The van der Waals surface area contributed by atoms with Crippen molar-refractivity contribution < 1.29 is 13.9 Å². The number of benzene rings is 3. The molecule has 8 heteroatoms. The number of nitrogens with zero attached hydrogens (tertiary/aromatic N) is 2. The SMILES string of the molecule is COc1ccc(NC(=O)CSc2nc3c(oc4ccccc43)c(=O)n2-c2cc(C)cc(C)c2)cc1. The zero-order valence-electron chi connectivity index (χ0n) is 19.5. The lowest BCUT2D eigenvalue weighted by atomic mass is 10.1. The van der Waals surface area contributed by atoms with Gasteiger partial charge in [-0.15, -0.1) is 0 Å². The van der Waals surface area contributed by atoms with Crippen molar-refractivity contribution >= 4 is 45.4 Å². The van der Waals surface area contributed by atoms with E-state index < -0.39 is 0 Å². The maximum Gasteiger partial charge on any atom is 0.302 e. The highest BCUT2D eigenvalue weighted by molar-refractivity contribution is 7.99. The fourth-order valence-corrected chi connectivity index (χ4v) is 4.83. The third kappa shape index (κ3) is 4.52. The number of aryl methyl sites for hydroxylation is 2. The summed E-state index contributed by atoms with van der Waals surface area (Å²) in [5.41, 5.74) is 4.34. The summed E-state index contributed by atoms with van der Waals surface area (Å²) in [6, 6.07) is 20.4. The Hall–Kier alpha value is -4.04. The summed E-state index contributed by atoms with van der Waals surface area (Å²) < 4.78 is 12.6. The Morgan fingerprint density at radius 3 is 2.49 bits per heavy atom. The van der Waals surface area contributed by atoms with E-state index in [9.17, 15) is 9.59 Å². The summed E-state index contributed by atoms with van der Waals surface area (Å²) in [5.74, 6) is 0.572. The number of rotatable bonds is 6. The molecule has 0 unspecified atom stereocenters. The van der Waals surface area contributed by atoms with Gasteiger partial charge in [-0.3, -0.25) is 14.2 Å². The first-order valence-electron chi connectivity index (χ1n) is 11.0. The molecule has 2 heterocycles. The number of furan rings is 1. The molecule has 0 fully saturated rings. The van der Waals surface area contributed by atoms with E-state index in [-0.39, 0.29) is 22.8 Å². The number of carbonyl (C=O) groups excluding carboxylic acids is 1. The second kappa shape index (κ2) is 9.31. The van der Waals surface area contributed by atoms with Crippen molar-refractivity contribution in [1.29, 1.82) is 0 Å². The Morgan fingerprint density at radius 2 is 1.77 bits per heavy atom. The second-order valence-corrected chi connectivity index (χ2v) is 9.16. The highest BCUT2D eigenvalue weighted by atomic mass is 32.2. The highest BCUT2D eigenvalue weighted by Crippen LogP contribution is 2.29. The quantitative estimate of drug-likeness (QED) is 0.253. The standard InChI is InChI=1S/C27H23N3O4S/c1-16-12-17(2)14-19(13-16)30-26(32)25-24(21-6-4-5-7-22(21)34-25)29-27(30)35-15-23(31)28-18-8-10-20(33-3)11-9-18/h4-14H,15H2,1-3H3,(H,28,31). The van der Waals surface area contributed by atoms with Gasteiger partial charge in [0.1, 0.15) is 16.8 Å². The number of fused-ring (bicyclic) bond motifs is 3. The van der Waals surface area contributed by atoms with Gasteiger partial charge in [0.05, 0.1) is 18.6 Å². The molecule has 176 valence electrons. The van der Waals surface area contributed by atoms with Crippen LogP contribution in [0.5, 0.6) is 5.75 Å². The van der Waals surface area contributed by atoms with Gasteiger partial charge >= 0.3 is 5.56 Å². The van der Waals surface area contributed by atoms with Crippen LogP contribution in [0.15, 0.2) is 81.1 Å². The van der Waals surface area contributed by atoms with E-state index in [4.69, 9.17) is 14.1 Å². The Labute approximate surface area is 205 Å². The molecule has 5 rings (SSSR count). The molecule has 0 bridgehead atoms. The molecule has 0 saturated carbocycles. The summed E-state index contributed by atoms with van der Waals surface area (Å²) in [4.78, 5) is 31.1. The number of nitrogens with one attached hydrogen (secondary N) is 1. The van der Waals surface area contributed by atoms with Crippen molar-refractivity contribution in [3.63, 3.8) is 0 Å². The zero-order chi connectivity index (χ0) is 24.5. The van der Waals surface area contributed by atoms with Gasteiger partial charge in [0.15, 0.2) is 5.16 Å². The smallest absolute Gasteiger partial charge is 0.302 e. The first kappa shape index (κ1) is 22.7. The van der Waals surface area contributed by atoms with Crippen molar-refractivity contribution in [2.45, 2.75) is 19.0 Å². The van der Waals surface area contributed by atoms with Crippen molar-refractivity contribution in [1.82, 2.24) is 9.55 Å². The molecule has 1 amide bonds. The fourth-order valence-electron chi connectivity index (χ4n) is 4.03. The van der Waals surface area contributed by atoms with Crippen LogP contribution < -0.4 is 15.6 Å². The first-order chi connectivity index (χ1) is 16.9. The summed E-state index contributed by atoms with van der Waals surface area (Å²) in [7, 11) is 1.59. The predicted molar refractivity (Wildman–Crippen MR) is 139 cm³/mol. The molecular formula is C27H23N3O4S. The number of ether oxygens (including phenoxy) is 1. The fraction of sp³-hybridized carbons (Fsp3) is 0.148. The number of carbonyl (C=O) groups is 1. The molecule has 0 aliphatic carbocycles. The van der Waals surface area contributed by atoms with Crippen LogP contribution in [0, 0.1) is 13.8 Å². The van der Waals surface area contributed by atoms with Crippen molar-refractivity contribution in [2.75, 3.05) is 18.2 Å². The second-order valence-electron chi connectivity index (χ2n) is 8.22. The maximum absolute atomic E-state index is 13.6. The number of amides is 1. The van der Waals surface area contributed by atoms with Crippen LogP contribution in [-0.2, 0) is 4.79 Å². The van der Waals surface area contributed by atoms with Crippen molar-refractivity contribution in [2.24, 2.45) is 0 Å². The monoisotopic (exact) mass is 485 g/mol. The molecule has 0 radical (unpaired) electrons. The minimum atomic E-state index is -0.311. The molecule has 3 aromatic carbocycles. The largest absolute Gasteiger partial charge is 0.497 e. The minimum Gasteiger partial charge on any atom is -0.497 e. The first-order valence-corrected chi connectivity index (χ1v) is 12.0. The van der Waals surface area contributed by atoms with Crippen molar-refractivity contribution in [3.8, 4) is 11.4 Å². The maximum atomic E-state index is 13.6. The van der Waals surface area contributed by atoms with Crippen LogP contribution in [0.1, 0.15) is 11.1 Å². The van der Waals surface area contributed by atoms with Gasteiger partial charge in [0, 0.05) is 11.1 Å². The Balaban J connectivity index is 1.54. The summed E-state index contributed by atoms with van der Waals surface area (Å²) >= 11 is 1.20. The number of aromatic nitrogens is 2. The number of methoxy groups -OCH3 is 1. The Kier molecular flexibility index (Phi) is 6.05. The van der Waals surface area contributed by atoms with Gasteiger partial charge < -0.3 is 14.5 Å². The molecule has 7 nitrogen and oxygen atoms in total. The number of anilines is 1. The van der Waals surface area contributed by atoms with E-state index in [2.05, 4.69) is 5.32 Å². The predicted octanol–water partition coefficient (Wildman–Crippen LogP) is 5.49. The van der Waals surface area contributed by atoms with Crippen molar-refractivity contribution in [3.05, 3.63) is 88.2 Å². The van der Waals surface area contributed by atoms with Gasteiger partial charge in [0.2, 0.25) is 11.5 Å². The van der Waals surface area contributed by atoms with Crippen LogP contribution in [0.25, 0.3) is 27.8 Å².